The van der Waals surface area contributed by atoms with Gasteiger partial charge in [-0.25, -0.2) is 4.98 Å². The first-order chi connectivity index (χ1) is 11.1. The molecule has 0 atom stereocenters. The zero-order chi connectivity index (χ0) is 16.8. The lowest BCUT2D eigenvalue weighted by atomic mass is 10.1. The van der Waals surface area contributed by atoms with Gasteiger partial charge in [-0.2, -0.15) is 0 Å². The van der Waals surface area contributed by atoms with E-state index < -0.39 is 11.6 Å². The van der Waals surface area contributed by atoms with E-state index in [1.54, 1.807) is 13.3 Å². The Kier molecular flexibility index (Phi) is 5.46. The molecule has 0 spiro atoms. The van der Waals surface area contributed by atoms with E-state index in [0.717, 1.165) is 16.8 Å². The molecule has 1 aromatic heterocycles. The van der Waals surface area contributed by atoms with E-state index in [0.29, 0.717) is 12.4 Å². The monoisotopic (exact) mass is 312 g/mol. The molecule has 1 heterocycles. The third-order valence-corrected chi connectivity index (χ3v) is 3.60. The largest absolute Gasteiger partial charge is 0.481 e. The summed E-state index contributed by atoms with van der Waals surface area (Å²) in [4.78, 5) is 29.0. The first kappa shape index (κ1) is 16.7. The smallest absolute Gasteiger partial charge is 0.221 e. The van der Waals surface area contributed by atoms with E-state index in [2.05, 4.69) is 4.98 Å². The van der Waals surface area contributed by atoms with Crippen LogP contribution in [-0.4, -0.2) is 36.7 Å². The number of carbonyl (C=O) groups excluding carboxylic acids is 2. The molecule has 0 saturated heterocycles. The van der Waals surface area contributed by atoms with Gasteiger partial charge in [0, 0.05) is 30.9 Å². The summed E-state index contributed by atoms with van der Waals surface area (Å²) in [6, 6.07) is 11.5. The molecule has 0 N–H and O–H groups in total. The molecule has 120 valence electrons. The van der Waals surface area contributed by atoms with Crippen molar-refractivity contribution in [3.8, 4) is 17.0 Å². The number of ketones is 2. The molecule has 5 nitrogen and oxygen atoms in total. The van der Waals surface area contributed by atoms with Gasteiger partial charge in [-0.15, -0.1) is 0 Å². The molecule has 0 saturated carbocycles. The van der Waals surface area contributed by atoms with Crippen LogP contribution < -0.4 is 9.64 Å². The SMILES string of the molecule is CCN(CC(=O)C(C)=O)c1cccc(-c2cccnc2OC)c1. The Labute approximate surface area is 135 Å². The lowest BCUT2D eigenvalue weighted by Crippen LogP contribution is -2.32. The first-order valence-corrected chi connectivity index (χ1v) is 7.45. The molecule has 0 amide bonds. The van der Waals surface area contributed by atoms with Crippen molar-refractivity contribution in [2.45, 2.75) is 13.8 Å². The number of nitrogens with zero attached hydrogens (tertiary/aromatic N) is 2. The fraction of sp³-hybridized carbons (Fsp3) is 0.278. The van der Waals surface area contributed by atoms with E-state index in [4.69, 9.17) is 4.74 Å². The molecule has 2 rings (SSSR count). The van der Waals surface area contributed by atoms with Gasteiger partial charge >= 0.3 is 0 Å². The maximum absolute atomic E-state index is 11.7. The highest BCUT2D eigenvalue weighted by atomic mass is 16.5. The zero-order valence-corrected chi connectivity index (χ0v) is 13.6. The highest BCUT2D eigenvalue weighted by Crippen LogP contribution is 2.30. The molecule has 0 bridgehead atoms. The quantitative estimate of drug-likeness (QED) is 0.736. The van der Waals surface area contributed by atoms with Crippen molar-refractivity contribution in [3.63, 3.8) is 0 Å². The molecule has 0 aliphatic heterocycles. The summed E-state index contributed by atoms with van der Waals surface area (Å²) < 4.78 is 5.30. The molecule has 5 heteroatoms. The third-order valence-electron chi connectivity index (χ3n) is 3.60. The van der Waals surface area contributed by atoms with Crippen molar-refractivity contribution >= 4 is 17.3 Å². The van der Waals surface area contributed by atoms with Gasteiger partial charge in [0.15, 0.2) is 5.78 Å². The molecule has 0 aliphatic carbocycles. The molecule has 0 unspecified atom stereocenters. The van der Waals surface area contributed by atoms with Crippen molar-refractivity contribution in [1.29, 1.82) is 0 Å². The molecule has 0 fully saturated rings. The summed E-state index contributed by atoms with van der Waals surface area (Å²) in [6.45, 7) is 3.96. The number of aromatic nitrogens is 1. The van der Waals surface area contributed by atoms with Gasteiger partial charge in [0.2, 0.25) is 11.7 Å². The van der Waals surface area contributed by atoms with Crippen molar-refractivity contribution < 1.29 is 14.3 Å². The lowest BCUT2D eigenvalue weighted by molar-refractivity contribution is -0.134. The molecular formula is C18H20N2O3. The van der Waals surface area contributed by atoms with Crippen molar-refractivity contribution in [3.05, 3.63) is 42.6 Å². The summed E-state index contributed by atoms with van der Waals surface area (Å²) >= 11 is 0. The van der Waals surface area contributed by atoms with E-state index in [-0.39, 0.29) is 6.54 Å². The van der Waals surface area contributed by atoms with Crippen LogP contribution in [0.1, 0.15) is 13.8 Å². The maximum Gasteiger partial charge on any atom is 0.221 e. The predicted molar refractivity (Wildman–Crippen MR) is 89.8 cm³/mol. The number of ether oxygens (including phenoxy) is 1. The van der Waals surface area contributed by atoms with Crippen LogP contribution in [0.4, 0.5) is 5.69 Å². The number of hydrogen-bond acceptors (Lipinski definition) is 5. The summed E-state index contributed by atoms with van der Waals surface area (Å²) in [5, 5.41) is 0. The van der Waals surface area contributed by atoms with Crippen molar-refractivity contribution in [2.24, 2.45) is 0 Å². The minimum atomic E-state index is -0.423. The molecule has 23 heavy (non-hydrogen) atoms. The molecular weight excluding hydrogens is 292 g/mol. The number of likely N-dealkylation sites (N-methyl/N-ethyl adjacent to an activating group) is 1. The van der Waals surface area contributed by atoms with Crippen LogP contribution in [0.5, 0.6) is 5.88 Å². The van der Waals surface area contributed by atoms with E-state index in [1.807, 2.05) is 48.2 Å². The maximum atomic E-state index is 11.7. The van der Waals surface area contributed by atoms with Gasteiger partial charge in [-0.05, 0) is 36.8 Å². The van der Waals surface area contributed by atoms with Crippen molar-refractivity contribution in [1.82, 2.24) is 4.98 Å². The average Bonchev–Trinajstić information content (AvgIpc) is 2.59. The number of carbonyl (C=O) groups is 2. The van der Waals surface area contributed by atoms with Crippen LogP contribution in [0.15, 0.2) is 42.6 Å². The number of hydrogen-bond donors (Lipinski definition) is 0. The van der Waals surface area contributed by atoms with Crippen LogP contribution >= 0.6 is 0 Å². The Hall–Kier alpha value is -2.69. The second-order valence-corrected chi connectivity index (χ2v) is 5.10. The number of pyridine rings is 1. The topological polar surface area (TPSA) is 59.5 Å². The van der Waals surface area contributed by atoms with Gasteiger partial charge in [-0.1, -0.05) is 12.1 Å². The number of benzene rings is 1. The summed E-state index contributed by atoms with van der Waals surface area (Å²) in [5.74, 6) is -0.266. The summed E-state index contributed by atoms with van der Waals surface area (Å²) in [6.07, 6.45) is 1.68. The van der Waals surface area contributed by atoms with Crippen molar-refractivity contribution in [2.75, 3.05) is 25.1 Å². The van der Waals surface area contributed by atoms with Gasteiger partial charge in [0.25, 0.3) is 0 Å². The normalized spacial score (nSPS) is 10.2. The summed E-state index contributed by atoms with van der Waals surface area (Å²) in [7, 11) is 1.58. The van der Waals surface area contributed by atoms with Gasteiger partial charge in [0.1, 0.15) is 0 Å². The van der Waals surface area contributed by atoms with E-state index >= 15 is 0 Å². The molecule has 1 aromatic carbocycles. The lowest BCUT2D eigenvalue weighted by Gasteiger charge is -2.22. The molecule has 0 aliphatic rings. The van der Waals surface area contributed by atoms with E-state index in [9.17, 15) is 9.59 Å². The molecule has 2 aromatic rings. The Morgan fingerprint density at radius 3 is 2.65 bits per heavy atom. The first-order valence-electron chi connectivity index (χ1n) is 7.45. The van der Waals surface area contributed by atoms with E-state index in [1.165, 1.54) is 6.92 Å². The number of Topliss-reactive ketones (excluding diaryl/α,β-unsaturated/α-hetero) is 2. The Bertz CT molecular complexity index is 713. The Morgan fingerprint density at radius 1 is 1.22 bits per heavy atom. The highest BCUT2D eigenvalue weighted by molar-refractivity contribution is 6.37. The van der Waals surface area contributed by atoms with Crippen LogP contribution in [-0.2, 0) is 9.59 Å². The molecule has 0 radical (unpaired) electrons. The minimum Gasteiger partial charge on any atom is -0.481 e. The van der Waals surface area contributed by atoms with Crippen LogP contribution in [0.25, 0.3) is 11.1 Å². The van der Waals surface area contributed by atoms with Crippen LogP contribution in [0.2, 0.25) is 0 Å². The Balaban J connectivity index is 2.35. The highest BCUT2D eigenvalue weighted by Gasteiger charge is 2.15. The predicted octanol–water partition coefficient (Wildman–Crippen LogP) is 2.74. The summed E-state index contributed by atoms with van der Waals surface area (Å²) in [5.41, 5.74) is 2.71. The average molecular weight is 312 g/mol. The third kappa shape index (κ3) is 3.94. The van der Waals surface area contributed by atoms with Gasteiger partial charge in [0.05, 0.1) is 13.7 Å². The Morgan fingerprint density at radius 2 is 2.00 bits per heavy atom. The second-order valence-electron chi connectivity index (χ2n) is 5.10. The van der Waals surface area contributed by atoms with Crippen LogP contribution in [0.3, 0.4) is 0 Å². The van der Waals surface area contributed by atoms with Crippen LogP contribution in [0, 0.1) is 0 Å². The fourth-order valence-electron chi connectivity index (χ4n) is 2.31. The van der Waals surface area contributed by atoms with Gasteiger partial charge < -0.3 is 9.64 Å². The number of methoxy groups -OCH3 is 1. The van der Waals surface area contributed by atoms with Gasteiger partial charge in [-0.3, -0.25) is 9.59 Å². The number of rotatable bonds is 7. The fourth-order valence-corrected chi connectivity index (χ4v) is 2.31. The number of anilines is 1. The zero-order valence-electron chi connectivity index (χ0n) is 13.6. The second kappa shape index (κ2) is 7.54. The minimum absolute atomic E-state index is 0.0828. The standard InChI is InChI=1S/C18H20N2O3/c1-4-20(12-17(22)13(2)21)15-8-5-7-14(11-15)16-9-6-10-19-18(16)23-3/h5-11H,4,12H2,1-3H3.